The number of nitrogens with one attached hydrogen (secondary N) is 1. The lowest BCUT2D eigenvalue weighted by atomic mass is 10.0. The standard InChI is InChI=1S/C12H24N2O/c1-12(9-15,13-11-5-6-11)8-14(2)7-10-3-4-10/h10-11,13,15H,3-9H2,1-2H3. The maximum Gasteiger partial charge on any atom is 0.0623 e. The molecule has 2 aliphatic carbocycles. The molecule has 88 valence electrons. The summed E-state index contributed by atoms with van der Waals surface area (Å²) in [7, 11) is 2.17. The van der Waals surface area contributed by atoms with E-state index in [4.69, 9.17) is 0 Å². The van der Waals surface area contributed by atoms with Crippen LogP contribution in [0.3, 0.4) is 0 Å². The molecule has 2 N–H and O–H groups in total. The van der Waals surface area contributed by atoms with E-state index in [0.29, 0.717) is 6.04 Å². The topological polar surface area (TPSA) is 35.5 Å². The summed E-state index contributed by atoms with van der Waals surface area (Å²) < 4.78 is 0. The van der Waals surface area contributed by atoms with Crippen LogP contribution in [0.4, 0.5) is 0 Å². The highest BCUT2D eigenvalue weighted by atomic mass is 16.3. The smallest absolute Gasteiger partial charge is 0.0623 e. The fourth-order valence-corrected chi connectivity index (χ4v) is 2.26. The molecule has 0 saturated heterocycles. The fraction of sp³-hybridized carbons (Fsp3) is 1.00. The van der Waals surface area contributed by atoms with Crippen LogP contribution in [0.5, 0.6) is 0 Å². The van der Waals surface area contributed by atoms with Crippen molar-refractivity contribution in [3.63, 3.8) is 0 Å². The predicted octanol–water partition coefficient (Wildman–Crippen LogP) is 0.831. The fourth-order valence-electron chi connectivity index (χ4n) is 2.26. The Labute approximate surface area is 92.8 Å². The van der Waals surface area contributed by atoms with Crippen molar-refractivity contribution in [2.24, 2.45) is 5.92 Å². The summed E-state index contributed by atoms with van der Waals surface area (Å²) in [5, 5.41) is 13.0. The van der Waals surface area contributed by atoms with Crippen LogP contribution in [-0.4, -0.2) is 48.3 Å². The summed E-state index contributed by atoms with van der Waals surface area (Å²) in [5.41, 5.74) is -0.106. The summed E-state index contributed by atoms with van der Waals surface area (Å²) in [5.74, 6) is 0.930. The van der Waals surface area contributed by atoms with E-state index in [0.717, 1.165) is 12.5 Å². The van der Waals surface area contributed by atoms with Crippen LogP contribution in [0, 0.1) is 5.92 Å². The van der Waals surface area contributed by atoms with Crippen LogP contribution in [-0.2, 0) is 0 Å². The van der Waals surface area contributed by atoms with E-state index < -0.39 is 0 Å². The van der Waals surface area contributed by atoms with Gasteiger partial charge in [0, 0.05) is 19.1 Å². The first-order valence-corrected chi connectivity index (χ1v) is 6.18. The Morgan fingerprint density at radius 2 is 2.00 bits per heavy atom. The average Bonchev–Trinajstić information content (AvgIpc) is 3.00. The minimum Gasteiger partial charge on any atom is -0.394 e. The van der Waals surface area contributed by atoms with Crippen molar-refractivity contribution < 1.29 is 5.11 Å². The van der Waals surface area contributed by atoms with E-state index in [9.17, 15) is 5.11 Å². The summed E-state index contributed by atoms with van der Waals surface area (Å²) >= 11 is 0. The molecule has 2 fully saturated rings. The molecule has 0 aromatic rings. The second kappa shape index (κ2) is 4.40. The third-order valence-electron chi connectivity index (χ3n) is 3.36. The highest BCUT2D eigenvalue weighted by Crippen LogP contribution is 2.30. The zero-order valence-corrected chi connectivity index (χ0v) is 10.00. The maximum atomic E-state index is 9.47. The zero-order chi connectivity index (χ0) is 10.9. The van der Waals surface area contributed by atoms with Crippen molar-refractivity contribution in [1.82, 2.24) is 10.2 Å². The summed E-state index contributed by atoms with van der Waals surface area (Å²) in [6, 6.07) is 0.663. The molecule has 0 aromatic carbocycles. The van der Waals surface area contributed by atoms with Crippen LogP contribution in [0.2, 0.25) is 0 Å². The molecule has 2 rings (SSSR count). The minimum atomic E-state index is -0.106. The third-order valence-corrected chi connectivity index (χ3v) is 3.36. The predicted molar refractivity (Wildman–Crippen MR) is 61.9 cm³/mol. The Bertz CT molecular complexity index is 214. The van der Waals surface area contributed by atoms with Gasteiger partial charge in [-0.25, -0.2) is 0 Å². The molecule has 2 aliphatic rings. The van der Waals surface area contributed by atoms with Crippen LogP contribution in [0.15, 0.2) is 0 Å². The Hall–Kier alpha value is -0.120. The first kappa shape index (κ1) is 11.4. The lowest BCUT2D eigenvalue weighted by molar-refractivity contribution is 0.128. The highest BCUT2D eigenvalue weighted by Gasteiger charge is 2.33. The average molecular weight is 212 g/mol. The van der Waals surface area contributed by atoms with Crippen LogP contribution in [0.1, 0.15) is 32.6 Å². The summed E-state index contributed by atoms with van der Waals surface area (Å²) in [4.78, 5) is 2.36. The molecule has 0 aliphatic heterocycles. The van der Waals surface area contributed by atoms with Gasteiger partial charge in [-0.05, 0) is 45.6 Å². The SMILES string of the molecule is CN(CC1CC1)CC(C)(CO)NC1CC1. The van der Waals surface area contributed by atoms with Crippen LogP contribution >= 0.6 is 0 Å². The molecule has 15 heavy (non-hydrogen) atoms. The van der Waals surface area contributed by atoms with Gasteiger partial charge in [0.15, 0.2) is 0 Å². The largest absolute Gasteiger partial charge is 0.394 e. The minimum absolute atomic E-state index is 0.106. The lowest BCUT2D eigenvalue weighted by Crippen LogP contribution is -2.54. The van der Waals surface area contributed by atoms with Gasteiger partial charge < -0.3 is 15.3 Å². The number of likely N-dealkylation sites (N-methyl/N-ethyl adjacent to an activating group) is 1. The molecule has 0 bridgehead atoms. The van der Waals surface area contributed by atoms with Crippen molar-refractivity contribution >= 4 is 0 Å². The second-order valence-corrected chi connectivity index (χ2v) is 5.78. The van der Waals surface area contributed by atoms with E-state index in [-0.39, 0.29) is 12.1 Å². The molecule has 1 atom stereocenters. The van der Waals surface area contributed by atoms with Crippen molar-refractivity contribution in [2.45, 2.75) is 44.2 Å². The Kier molecular flexibility index (Phi) is 3.33. The highest BCUT2D eigenvalue weighted by molar-refractivity contribution is 4.94. The van der Waals surface area contributed by atoms with Gasteiger partial charge in [-0.3, -0.25) is 0 Å². The van der Waals surface area contributed by atoms with Crippen molar-refractivity contribution in [2.75, 3.05) is 26.7 Å². The molecule has 3 nitrogen and oxygen atoms in total. The molecule has 0 aromatic heterocycles. The molecule has 2 saturated carbocycles. The van der Waals surface area contributed by atoms with E-state index in [1.807, 2.05) is 0 Å². The van der Waals surface area contributed by atoms with Gasteiger partial charge in [0.2, 0.25) is 0 Å². The molecule has 3 heteroatoms. The third kappa shape index (κ3) is 3.74. The zero-order valence-electron chi connectivity index (χ0n) is 10.00. The first-order valence-electron chi connectivity index (χ1n) is 6.18. The van der Waals surface area contributed by atoms with Crippen molar-refractivity contribution in [3.8, 4) is 0 Å². The number of nitrogens with zero attached hydrogens (tertiary/aromatic N) is 1. The van der Waals surface area contributed by atoms with Gasteiger partial charge in [-0.2, -0.15) is 0 Å². The van der Waals surface area contributed by atoms with E-state index in [1.54, 1.807) is 0 Å². The van der Waals surface area contributed by atoms with Crippen LogP contribution < -0.4 is 5.32 Å². The van der Waals surface area contributed by atoms with Crippen LogP contribution in [0.25, 0.3) is 0 Å². The quantitative estimate of drug-likeness (QED) is 0.656. The molecule has 0 amide bonds. The number of aliphatic hydroxyl groups is 1. The Morgan fingerprint density at radius 1 is 1.33 bits per heavy atom. The Morgan fingerprint density at radius 3 is 2.47 bits per heavy atom. The lowest BCUT2D eigenvalue weighted by Gasteiger charge is -2.33. The maximum absolute atomic E-state index is 9.47. The van der Waals surface area contributed by atoms with Gasteiger partial charge in [0.1, 0.15) is 0 Å². The van der Waals surface area contributed by atoms with E-state index in [1.165, 1.54) is 32.2 Å². The molecule has 0 heterocycles. The molecule has 0 radical (unpaired) electrons. The molecule has 1 unspecified atom stereocenters. The summed E-state index contributed by atoms with van der Waals surface area (Å²) in [6.07, 6.45) is 5.36. The monoisotopic (exact) mass is 212 g/mol. The number of hydrogen-bond acceptors (Lipinski definition) is 3. The van der Waals surface area contributed by atoms with Crippen molar-refractivity contribution in [1.29, 1.82) is 0 Å². The number of aliphatic hydroxyl groups excluding tert-OH is 1. The van der Waals surface area contributed by atoms with E-state index in [2.05, 4.69) is 24.2 Å². The number of rotatable bonds is 7. The normalized spacial score (nSPS) is 25.6. The first-order chi connectivity index (χ1) is 7.11. The van der Waals surface area contributed by atoms with E-state index >= 15 is 0 Å². The summed E-state index contributed by atoms with van der Waals surface area (Å²) in [6.45, 7) is 4.52. The van der Waals surface area contributed by atoms with Gasteiger partial charge in [0.05, 0.1) is 12.1 Å². The molecular formula is C12H24N2O. The van der Waals surface area contributed by atoms with Gasteiger partial charge in [-0.15, -0.1) is 0 Å². The number of hydrogen-bond donors (Lipinski definition) is 2. The second-order valence-electron chi connectivity index (χ2n) is 5.78. The molecular weight excluding hydrogens is 188 g/mol. The van der Waals surface area contributed by atoms with Gasteiger partial charge >= 0.3 is 0 Å². The van der Waals surface area contributed by atoms with Crippen molar-refractivity contribution in [3.05, 3.63) is 0 Å². The van der Waals surface area contributed by atoms with Gasteiger partial charge in [-0.1, -0.05) is 0 Å². The van der Waals surface area contributed by atoms with Gasteiger partial charge in [0.25, 0.3) is 0 Å². The Balaban J connectivity index is 1.75. The molecule has 0 spiro atoms.